The molecular formula is C33H45N3O5S2. The molecule has 3 atom stereocenters. The summed E-state index contributed by atoms with van der Waals surface area (Å²) in [5.74, 6) is 1.59. The summed E-state index contributed by atoms with van der Waals surface area (Å²) in [6.07, 6.45) is 6.30. The first kappa shape index (κ1) is 33.1. The first-order valence-electron chi connectivity index (χ1n) is 15.2. The molecule has 0 spiro atoms. The molecule has 3 amide bonds. The summed E-state index contributed by atoms with van der Waals surface area (Å²) in [7, 11) is 0. The number of hydrogen-bond acceptors (Lipinski definition) is 7. The minimum absolute atomic E-state index is 0.220. The molecule has 0 bridgehead atoms. The number of nitrogens with zero attached hydrogens (tertiary/aromatic N) is 1. The zero-order valence-corrected chi connectivity index (χ0v) is 27.3. The van der Waals surface area contributed by atoms with E-state index in [1.807, 2.05) is 42.5 Å². The summed E-state index contributed by atoms with van der Waals surface area (Å²) in [6.45, 7) is 7.59. The molecule has 43 heavy (non-hydrogen) atoms. The second kappa shape index (κ2) is 15.7. The van der Waals surface area contributed by atoms with E-state index in [1.165, 1.54) is 53.4 Å². The summed E-state index contributed by atoms with van der Waals surface area (Å²) >= 11 is 2.96. The Labute approximate surface area is 264 Å². The van der Waals surface area contributed by atoms with Crippen molar-refractivity contribution in [2.45, 2.75) is 95.8 Å². The van der Waals surface area contributed by atoms with Gasteiger partial charge in [0.25, 0.3) is 5.91 Å². The Morgan fingerprint density at radius 1 is 1.00 bits per heavy atom. The molecular weight excluding hydrogens is 583 g/mol. The van der Waals surface area contributed by atoms with Crippen molar-refractivity contribution in [2.24, 2.45) is 5.92 Å². The standard InChI is InChI=1S/C33H45N3O5S2/c1-23(34-31(38)28-21-42-22-36(28)32(39)41-33(2,3)4)30(37)35-43-29(26-13-9-6-10-14-26)19-24-15-17-27(18-16-24)40-20-25-11-7-5-8-12-25/h5,7-8,11-12,15-18,23,26,28-29H,6,9-10,13-14,19-22H2,1-4H3,(H,34,38)(H,35,37)/t23-,28+,29?/m1/s1. The molecule has 0 radical (unpaired) electrons. The second-order valence-electron chi connectivity index (χ2n) is 12.3. The van der Waals surface area contributed by atoms with Crippen molar-refractivity contribution in [3.63, 3.8) is 0 Å². The number of rotatable bonds is 11. The van der Waals surface area contributed by atoms with Gasteiger partial charge in [0.2, 0.25) is 5.91 Å². The smallest absolute Gasteiger partial charge is 0.411 e. The minimum Gasteiger partial charge on any atom is -0.489 e. The van der Waals surface area contributed by atoms with E-state index in [1.54, 1.807) is 27.7 Å². The van der Waals surface area contributed by atoms with Crippen LogP contribution in [0.4, 0.5) is 4.79 Å². The molecule has 1 saturated carbocycles. The molecule has 8 nitrogen and oxygen atoms in total. The number of hydrogen-bond donors (Lipinski definition) is 2. The van der Waals surface area contributed by atoms with Crippen LogP contribution in [0.3, 0.4) is 0 Å². The van der Waals surface area contributed by atoms with Gasteiger partial charge in [0.05, 0.1) is 5.88 Å². The van der Waals surface area contributed by atoms with Gasteiger partial charge in [-0.1, -0.05) is 61.7 Å². The molecule has 0 aromatic heterocycles. The summed E-state index contributed by atoms with van der Waals surface area (Å²) in [6, 6.07) is 16.9. The molecule has 2 aromatic rings. The Hall–Kier alpha value is -2.85. The number of amides is 3. The Kier molecular flexibility index (Phi) is 12.1. The van der Waals surface area contributed by atoms with Crippen molar-refractivity contribution < 1.29 is 23.9 Å². The number of nitrogens with one attached hydrogen (secondary N) is 2. The Morgan fingerprint density at radius 2 is 1.70 bits per heavy atom. The van der Waals surface area contributed by atoms with Crippen molar-refractivity contribution in [2.75, 3.05) is 11.6 Å². The van der Waals surface area contributed by atoms with Gasteiger partial charge in [-0.25, -0.2) is 4.79 Å². The second-order valence-corrected chi connectivity index (χ2v) is 14.4. The fourth-order valence-corrected chi connectivity index (χ4v) is 7.59. The van der Waals surface area contributed by atoms with Crippen LogP contribution >= 0.6 is 23.7 Å². The quantitative estimate of drug-likeness (QED) is 0.281. The summed E-state index contributed by atoms with van der Waals surface area (Å²) in [5, 5.41) is 3.03. The van der Waals surface area contributed by atoms with Gasteiger partial charge in [0.1, 0.15) is 30.0 Å². The van der Waals surface area contributed by atoms with E-state index in [0.29, 0.717) is 24.2 Å². The molecule has 1 aliphatic carbocycles. The van der Waals surface area contributed by atoms with E-state index in [0.717, 1.165) is 30.6 Å². The molecule has 2 aromatic carbocycles. The highest BCUT2D eigenvalue weighted by Gasteiger charge is 2.38. The van der Waals surface area contributed by atoms with Gasteiger partial charge < -0.3 is 14.8 Å². The lowest BCUT2D eigenvalue weighted by molar-refractivity contribution is -0.130. The SMILES string of the molecule is C[C@@H](NC(=O)[C@@H]1CSCN1C(=O)OC(C)(C)C)C(=O)NSC(Cc1ccc(OCc2ccccc2)cc1)C1CCCCC1. The molecule has 1 unspecified atom stereocenters. The summed E-state index contributed by atoms with van der Waals surface area (Å²) < 4.78 is 14.5. The van der Waals surface area contributed by atoms with Crippen LogP contribution in [-0.2, 0) is 27.4 Å². The van der Waals surface area contributed by atoms with Crippen LogP contribution in [0.5, 0.6) is 5.75 Å². The number of thioether (sulfide) groups is 1. The van der Waals surface area contributed by atoms with Crippen LogP contribution in [0.1, 0.15) is 70.9 Å². The highest BCUT2D eigenvalue weighted by molar-refractivity contribution is 7.99. The molecule has 1 heterocycles. The maximum Gasteiger partial charge on any atom is 0.411 e. The lowest BCUT2D eigenvalue weighted by Crippen LogP contribution is -2.53. The van der Waals surface area contributed by atoms with E-state index < -0.39 is 23.8 Å². The highest BCUT2D eigenvalue weighted by atomic mass is 32.2. The van der Waals surface area contributed by atoms with Crippen LogP contribution < -0.4 is 14.8 Å². The lowest BCUT2D eigenvalue weighted by Gasteiger charge is -2.30. The number of ether oxygens (including phenoxy) is 2. The van der Waals surface area contributed by atoms with Crippen LogP contribution in [0, 0.1) is 5.92 Å². The molecule has 1 saturated heterocycles. The first-order valence-corrected chi connectivity index (χ1v) is 17.2. The third-order valence-corrected chi connectivity index (χ3v) is 9.85. The number of carbonyl (C=O) groups excluding carboxylic acids is 3. The van der Waals surface area contributed by atoms with Crippen molar-refractivity contribution in [1.82, 2.24) is 14.9 Å². The van der Waals surface area contributed by atoms with Crippen LogP contribution in [0.2, 0.25) is 0 Å². The molecule has 4 rings (SSSR count). The molecule has 2 fully saturated rings. The predicted molar refractivity (Wildman–Crippen MR) is 174 cm³/mol. The van der Waals surface area contributed by atoms with Crippen molar-refractivity contribution in [3.05, 3.63) is 65.7 Å². The summed E-state index contributed by atoms with van der Waals surface area (Å²) in [5.41, 5.74) is 1.68. The van der Waals surface area contributed by atoms with E-state index in [-0.39, 0.29) is 17.1 Å². The van der Waals surface area contributed by atoms with Crippen molar-refractivity contribution in [1.29, 1.82) is 0 Å². The first-order chi connectivity index (χ1) is 20.6. The Bertz CT molecular complexity index is 1200. The third-order valence-electron chi connectivity index (χ3n) is 7.66. The maximum atomic E-state index is 13.1. The van der Waals surface area contributed by atoms with Gasteiger partial charge in [-0.05, 0) is 88.1 Å². The normalized spacial score (nSPS) is 18.9. The predicted octanol–water partition coefficient (Wildman–Crippen LogP) is 6.34. The molecule has 1 aliphatic heterocycles. The zero-order valence-electron chi connectivity index (χ0n) is 25.7. The minimum atomic E-state index is -0.737. The van der Waals surface area contributed by atoms with Gasteiger partial charge in [-0.2, -0.15) is 0 Å². The van der Waals surface area contributed by atoms with Gasteiger partial charge in [0.15, 0.2) is 0 Å². The van der Waals surface area contributed by atoms with E-state index in [4.69, 9.17) is 9.47 Å². The van der Waals surface area contributed by atoms with E-state index >= 15 is 0 Å². The van der Waals surface area contributed by atoms with Gasteiger partial charge in [-0.15, -0.1) is 11.8 Å². The van der Waals surface area contributed by atoms with Gasteiger partial charge in [-0.3, -0.25) is 19.2 Å². The molecule has 10 heteroatoms. The fourth-order valence-electron chi connectivity index (χ4n) is 5.26. The topological polar surface area (TPSA) is 97.0 Å². The lowest BCUT2D eigenvalue weighted by atomic mass is 9.85. The van der Waals surface area contributed by atoms with E-state index in [9.17, 15) is 14.4 Å². The van der Waals surface area contributed by atoms with Crippen LogP contribution in [-0.4, -0.2) is 57.4 Å². The van der Waals surface area contributed by atoms with Gasteiger partial charge >= 0.3 is 6.09 Å². The fraction of sp³-hybridized carbons (Fsp3) is 0.545. The van der Waals surface area contributed by atoms with E-state index in [2.05, 4.69) is 22.2 Å². The number of carbonyl (C=O) groups is 3. The summed E-state index contributed by atoms with van der Waals surface area (Å²) in [4.78, 5) is 40.2. The van der Waals surface area contributed by atoms with Crippen LogP contribution in [0.15, 0.2) is 54.6 Å². The Morgan fingerprint density at radius 3 is 2.37 bits per heavy atom. The van der Waals surface area contributed by atoms with Crippen molar-refractivity contribution >= 4 is 41.6 Å². The van der Waals surface area contributed by atoms with Crippen LogP contribution in [0.25, 0.3) is 0 Å². The third kappa shape index (κ3) is 10.4. The average Bonchev–Trinajstić information content (AvgIpc) is 3.49. The highest BCUT2D eigenvalue weighted by Crippen LogP contribution is 2.34. The average molecular weight is 628 g/mol. The van der Waals surface area contributed by atoms with Crippen molar-refractivity contribution in [3.8, 4) is 5.75 Å². The zero-order chi connectivity index (χ0) is 30.8. The maximum absolute atomic E-state index is 13.1. The largest absolute Gasteiger partial charge is 0.489 e. The Balaban J connectivity index is 1.30. The molecule has 2 aliphatic rings. The molecule has 2 N–H and O–H groups in total. The number of benzene rings is 2. The molecule has 234 valence electrons. The van der Waals surface area contributed by atoms with Gasteiger partial charge in [0, 0.05) is 11.0 Å². The monoisotopic (exact) mass is 627 g/mol.